The molecule has 0 spiro atoms. The predicted octanol–water partition coefficient (Wildman–Crippen LogP) is 5.12. The van der Waals surface area contributed by atoms with Crippen molar-refractivity contribution in [3.8, 4) is 5.75 Å². The van der Waals surface area contributed by atoms with E-state index >= 15 is 0 Å². The van der Waals surface area contributed by atoms with Gasteiger partial charge < -0.3 is 19.7 Å². The van der Waals surface area contributed by atoms with Gasteiger partial charge in [-0.05, 0) is 117 Å². The first kappa shape index (κ1) is 24.0. The van der Waals surface area contributed by atoms with Crippen LogP contribution in [0.5, 0.6) is 5.75 Å². The van der Waals surface area contributed by atoms with Gasteiger partial charge in [-0.1, -0.05) is 18.2 Å². The summed E-state index contributed by atoms with van der Waals surface area (Å²) in [5.41, 5.74) is 5.11. The fourth-order valence-electron chi connectivity index (χ4n) is 6.25. The summed E-state index contributed by atoms with van der Waals surface area (Å²) in [5, 5.41) is 3.27. The zero-order chi connectivity index (χ0) is 24.3. The minimum absolute atomic E-state index is 0.00343. The Bertz CT molecular complexity index is 1040. The summed E-state index contributed by atoms with van der Waals surface area (Å²) in [6, 6.07) is 14.9. The standard InChI is InChI=1S/C31H40N2O3/c34-31(23-10-13-29(14-11-23)36-21-30-4-2-16-35-30)32-28-12-9-24-17-25(7-8-26(24)18-28)27-3-1-15-33(20-27)19-22-5-6-22/h7-8,10-11,13-14,17,22,27-28,30H,1-6,9,12,15-16,18-21H2,(H,32,34)/t27?,28-,30-/m0/s1. The van der Waals surface area contributed by atoms with Crippen molar-refractivity contribution >= 4 is 5.91 Å². The molecule has 5 nitrogen and oxygen atoms in total. The highest BCUT2D eigenvalue weighted by molar-refractivity contribution is 5.94. The third kappa shape index (κ3) is 5.95. The van der Waals surface area contributed by atoms with Crippen molar-refractivity contribution in [3.05, 3.63) is 64.7 Å². The molecule has 36 heavy (non-hydrogen) atoms. The fourth-order valence-corrected chi connectivity index (χ4v) is 6.25. The van der Waals surface area contributed by atoms with Crippen LogP contribution in [0.4, 0.5) is 0 Å². The molecule has 0 radical (unpaired) electrons. The van der Waals surface area contributed by atoms with Gasteiger partial charge in [-0.25, -0.2) is 0 Å². The molecule has 6 rings (SSSR count). The van der Waals surface area contributed by atoms with E-state index in [0.717, 1.165) is 50.4 Å². The van der Waals surface area contributed by atoms with E-state index in [2.05, 4.69) is 28.4 Å². The Labute approximate surface area is 215 Å². The second kappa shape index (κ2) is 10.9. The molecule has 2 aromatic carbocycles. The lowest BCUT2D eigenvalue weighted by atomic mass is 9.83. The molecule has 1 amide bonds. The number of nitrogens with zero attached hydrogens (tertiary/aromatic N) is 1. The van der Waals surface area contributed by atoms with Crippen molar-refractivity contribution in [1.82, 2.24) is 10.2 Å². The van der Waals surface area contributed by atoms with E-state index in [1.807, 2.05) is 24.3 Å². The molecule has 2 aliphatic heterocycles. The van der Waals surface area contributed by atoms with E-state index < -0.39 is 0 Å². The van der Waals surface area contributed by atoms with Crippen molar-refractivity contribution in [2.24, 2.45) is 5.92 Å². The number of fused-ring (bicyclic) bond motifs is 1. The Balaban J connectivity index is 1.01. The summed E-state index contributed by atoms with van der Waals surface area (Å²) in [4.78, 5) is 15.6. The molecule has 0 bridgehead atoms. The Hall–Kier alpha value is -2.37. The summed E-state index contributed by atoms with van der Waals surface area (Å²) in [5.74, 6) is 2.45. The molecular formula is C31H40N2O3. The first-order chi connectivity index (χ1) is 17.7. The topological polar surface area (TPSA) is 50.8 Å². The van der Waals surface area contributed by atoms with E-state index in [0.29, 0.717) is 18.1 Å². The van der Waals surface area contributed by atoms with Gasteiger partial charge in [0.05, 0.1) is 6.10 Å². The molecule has 2 aromatic rings. The lowest BCUT2D eigenvalue weighted by molar-refractivity contribution is 0.0679. The van der Waals surface area contributed by atoms with Gasteiger partial charge in [-0.2, -0.15) is 0 Å². The monoisotopic (exact) mass is 488 g/mol. The van der Waals surface area contributed by atoms with Crippen LogP contribution < -0.4 is 10.1 Å². The van der Waals surface area contributed by atoms with Gasteiger partial charge >= 0.3 is 0 Å². The number of ether oxygens (including phenoxy) is 2. The molecule has 0 aromatic heterocycles. The van der Waals surface area contributed by atoms with Crippen molar-refractivity contribution in [3.63, 3.8) is 0 Å². The molecule has 3 fully saturated rings. The Morgan fingerprint density at radius 3 is 2.69 bits per heavy atom. The number of hydrogen-bond acceptors (Lipinski definition) is 4. The van der Waals surface area contributed by atoms with Crippen LogP contribution in [0.25, 0.3) is 0 Å². The highest BCUT2D eigenvalue weighted by atomic mass is 16.5. The summed E-state index contributed by atoms with van der Waals surface area (Å²) < 4.78 is 11.4. The van der Waals surface area contributed by atoms with Gasteiger partial charge in [0.25, 0.3) is 5.91 Å². The zero-order valence-corrected chi connectivity index (χ0v) is 21.4. The number of hydrogen-bond donors (Lipinski definition) is 1. The number of nitrogens with one attached hydrogen (secondary N) is 1. The van der Waals surface area contributed by atoms with Crippen LogP contribution in [0.1, 0.15) is 77.9 Å². The number of rotatable bonds is 8. The number of piperidine rings is 1. The third-order valence-electron chi connectivity index (χ3n) is 8.56. The molecule has 1 saturated carbocycles. The van der Waals surface area contributed by atoms with Crippen molar-refractivity contribution < 1.29 is 14.3 Å². The summed E-state index contributed by atoms with van der Waals surface area (Å²) in [6.45, 7) is 5.23. The van der Waals surface area contributed by atoms with Crippen LogP contribution in [0.15, 0.2) is 42.5 Å². The van der Waals surface area contributed by atoms with E-state index in [1.165, 1.54) is 62.0 Å². The van der Waals surface area contributed by atoms with Crippen LogP contribution >= 0.6 is 0 Å². The second-order valence-electron chi connectivity index (χ2n) is 11.5. The second-order valence-corrected chi connectivity index (χ2v) is 11.5. The maximum absolute atomic E-state index is 12.9. The lowest BCUT2D eigenvalue weighted by Gasteiger charge is -2.34. The molecule has 1 unspecified atom stereocenters. The summed E-state index contributed by atoms with van der Waals surface area (Å²) in [6.07, 6.45) is 10.9. The predicted molar refractivity (Wildman–Crippen MR) is 142 cm³/mol. The third-order valence-corrected chi connectivity index (χ3v) is 8.56. The summed E-state index contributed by atoms with van der Waals surface area (Å²) in [7, 11) is 0. The number of carbonyl (C=O) groups is 1. The lowest BCUT2D eigenvalue weighted by Crippen LogP contribution is -2.39. The molecule has 3 atom stereocenters. The highest BCUT2D eigenvalue weighted by Gasteiger charge is 2.29. The Morgan fingerprint density at radius 2 is 1.89 bits per heavy atom. The maximum atomic E-state index is 12.9. The number of benzene rings is 2. The minimum atomic E-state index is 0.00343. The maximum Gasteiger partial charge on any atom is 0.251 e. The Morgan fingerprint density at radius 1 is 1.00 bits per heavy atom. The highest BCUT2D eigenvalue weighted by Crippen LogP contribution is 2.34. The molecule has 2 heterocycles. The Kier molecular flexibility index (Phi) is 7.29. The van der Waals surface area contributed by atoms with Crippen LogP contribution in [-0.4, -0.2) is 55.8 Å². The first-order valence-corrected chi connectivity index (χ1v) is 14.2. The molecule has 5 heteroatoms. The molecule has 192 valence electrons. The van der Waals surface area contributed by atoms with Crippen LogP contribution in [-0.2, 0) is 17.6 Å². The molecule has 4 aliphatic rings. The normalized spacial score (nSPS) is 26.4. The fraction of sp³-hybridized carbons (Fsp3) is 0.581. The molecule has 1 N–H and O–H groups in total. The van der Waals surface area contributed by atoms with E-state index in [1.54, 1.807) is 0 Å². The van der Waals surface area contributed by atoms with E-state index in [-0.39, 0.29) is 18.1 Å². The van der Waals surface area contributed by atoms with Gasteiger partial charge in [-0.15, -0.1) is 0 Å². The average molecular weight is 489 g/mol. The zero-order valence-electron chi connectivity index (χ0n) is 21.4. The van der Waals surface area contributed by atoms with Gasteiger partial charge in [0.2, 0.25) is 0 Å². The average Bonchev–Trinajstić information content (AvgIpc) is 3.57. The minimum Gasteiger partial charge on any atom is -0.491 e. The number of carbonyl (C=O) groups excluding carboxylic acids is 1. The molecule has 2 saturated heterocycles. The van der Waals surface area contributed by atoms with E-state index in [4.69, 9.17) is 9.47 Å². The van der Waals surface area contributed by atoms with Gasteiger partial charge in [-0.3, -0.25) is 4.79 Å². The molecular weight excluding hydrogens is 448 g/mol. The van der Waals surface area contributed by atoms with Crippen LogP contribution in [0, 0.1) is 5.92 Å². The number of aryl methyl sites for hydroxylation is 1. The van der Waals surface area contributed by atoms with Crippen molar-refractivity contribution in [2.75, 3.05) is 32.8 Å². The smallest absolute Gasteiger partial charge is 0.251 e. The largest absolute Gasteiger partial charge is 0.491 e. The van der Waals surface area contributed by atoms with Gasteiger partial charge in [0.1, 0.15) is 12.4 Å². The van der Waals surface area contributed by atoms with Crippen LogP contribution in [0.3, 0.4) is 0 Å². The first-order valence-electron chi connectivity index (χ1n) is 14.2. The van der Waals surface area contributed by atoms with Gasteiger partial charge in [0.15, 0.2) is 0 Å². The van der Waals surface area contributed by atoms with Crippen molar-refractivity contribution in [2.45, 2.75) is 75.9 Å². The molecule has 2 aliphatic carbocycles. The number of likely N-dealkylation sites (tertiary alicyclic amines) is 1. The van der Waals surface area contributed by atoms with Crippen molar-refractivity contribution in [1.29, 1.82) is 0 Å². The summed E-state index contributed by atoms with van der Waals surface area (Å²) >= 11 is 0. The van der Waals surface area contributed by atoms with Crippen LogP contribution in [0.2, 0.25) is 0 Å². The van der Waals surface area contributed by atoms with E-state index in [9.17, 15) is 4.79 Å². The van der Waals surface area contributed by atoms with Gasteiger partial charge in [0, 0.05) is 31.3 Å². The quantitative estimate of drug-likeness (QED) is 0.560. The SMILES string of the molecule is O=C(N[C@H]1CCc2cc(C3CCCN(CC4CC4)C3)ccc2C1)c1ccc(OC[C@@H]2CCCO2)cc1. The number of amides is 1.